The van der Waals surface area contributed by atoms with Crippen molar-refractivity contribution in [1.82, 2.24) is 10.3 Å². The zero-order valence-electron chi connectivity index (χ0n) is 16.4. The van der Waals surface area contributed by atoms with Gasteiger partial charge < -0.3 is 4.90 Å². The van der Waals surface area contributed by atoms with Crippen molar-refractivity contribution in [2.24, 2.45) is 0 Å². The Bertz CT molecular complexity index is 1010. The number of hydrogen-bond acceptors (Lipinski definition) is 6. The number of nitro groups is 1. The molecular formula is C21H24N4O3. The molecule has 0 bridgehead atoms. The van der Waals surface area contributed by atoms with Crippen LogP contribution in [0.3, 0.4) is 0 Å². The van der Waals surface area contributed by atoms with Gasteiger partial charge in [0.2, 0.25) is 5.52 Å². The van der Waals surface area contributed by atoms with E-state index in [-0.39, 0.29) is 21.5 Å². The van der Waals surface area contributed by atoms with E-state index < -0.39 is 0 Å². The number of nitrogens with zero attached hydrogens (tertiary/aromatic N) is 4. The lowest BCUT2D eigenvalue weighted by atomic mass is 9.86. The predicted octanol–water partition coefficient (Wildman–Crippen LogP) is 5.09. The van der Waals surface area contributed by atoms with Gasteiger partial charge in [-0.1, -0.05) is 45.0 Å². The maximum absolute atomic E-state index is 11.8. The van der Waals surface area contributed by atoms with Gasteiger partial charge in [0.1, 0.15) is 11.2 Å². The van der Waals surface area contributed by atoms with E-state index in [0.29, 0.717) is 11.2 Å². The van der Waals surface area contributed by atoms with Crippen LogP contribution < -0.4 is 4.90 Å². The first-order chi connectivity index (χ1) is 13.4. The highest BCUT2D eigenvalue weighted by Crippen LogP contribution is 2.41. The molecule has 146 valence electrons. The lowest BCUT2D eigenvalue weighted by Crippen LogP contribution is -2.30. The Morgan fingerprint density at radius 1 is 1.04 bits per heavy atom. The molecule has 0 unspecified atom stereocenters. The summed E-state index contributed by atoms with van der Waals surface area (Å²) in [6.07, 6.45) is 3.21. The molecule has 0 radical (unpaired) electrons. The average molecular weight is 380 g/mol. The van der Waals surface area contributed by atoms with Gasteiger partial charge in [-0.25, -0.2) is 4.63 Å². The number of rotatable bonds is 3. The minimum absolute atomic E-state index is 0.0202. The summed E-state index contributed by atoms with van der Waals surface area (Å²) in [5, 5.41) is 19.7. The number of hydrogen-bond donors (Lipinski definition) is 0. The molecule has 1 aliphatic heterocycles. The molecule has 1 fully saturated rings. The molecule has 0 amide bonds. The first kappa shape index (κ1) is 18.4. The molecule has 0 spiro atoms. The first-order valence-electron chi connectivity index (χ1n) is 9.66. The Morgan fingerprint density at radius 3 is 2.29 bits per heavy atom. The number of nitro benzene ring substituents is 1. The van der Waals surface area contributed by atoms with Gasteiger partial charge in [-0.15, -0.1) is 0 Å². The van der Waals surface area contributed by atoms with Gasteiger partial charge in [0.25, 0.3) is 0 Å². The molecule has 3 aromatic rings. The summed E-state index contributed by atoms with van der Waals surface area (Å²) in [5.74, 6) is 0. The molecule has 1 saturated heterocycles. The Kier molecular flexibility index (Phi) is 4.53. The quantitative estimate of drug-likeness (QED) is 0.465. The van der Waals surface area contributed by atoms with E-state index in [4.69, 9.17) is 4.63 Å². The molecule has 2 aromatic carbocycles. The van der Waals surface area contributed by atoms with Crippen molar-refractivity contribution in [1.29, 1.82) is 0 Å². The maximum Gasteiger partial charge on any atom is 0.323 e. The smallest absolute Gasteiger partial charge is 0.323 e. The number of benzene rings is 2. The third-order valence-electron chi connectivity index (χ3n) is 5.43. The Labute approximate surface area is 163 Å². The van der Waals surface area contributed by atoms with Gasteiger partial charge in [0.05, 0.1) is 4.92 Å². The Hall–Kier alpha value is -2.96. The summed E-state index contributed by atoms with van der Waals surface area (Å²) >= 11 is 0. The van der Waals surface area contributed by atoms with Crippen LogP contribution in [-0.4, -0.2) is 28.3 Å². The molecule has 1 aromatic heterocycles. The van der Waals surface area contributed by atoms with Gasteiger partial charge in [-0.2, -0.15) is 0 Å². The highest BCUT2D eigenvalue weighted by Gasteiger charge is 2.30. The van der Waals surface area contributed by atoms with E-state index in [2.05, 4.69) is 48.1 Å². The van der Waals surface area contributed by atoms with E-state index in [1.807, 2.05) is 18.2 Å². The second-order valence-corrected chi connectivity index (χ2v) is 8.39. The Balaban J connectivity index is 1.90. The summed E-state index contributed by atoms with van der Waals surface area (Å²) < 4.78 is 4.92. The van der Waals surface area contributed by atoms with Crippen LogP contribution >= 0.6 is 0 Å². The van der Waals surface area contributed by atoms with Crippen molar-refractivity contribution in [3.63, 3.8) is 0 Å². The molecule has 1 aliphatic rings. The van der Waals surface area contributed by atoms with Crippen molar-refractivity contribution < 1.29 is 9.55 Å². The fraction of sp³-hybridized carbons (Fsp3) is 0.429. The minimum atomic E-state index is -0.372. The number of fused-ring (bicyclic) bond motifs is 1. The molecule has 28 heavy (non-hydrogen) atoms. The van der Waals surface area contributed by atoms with Gasteiger partial charge in [-0.05, 0) is 52.2 Å². The molecule has 0 saturated carbocycles. The van der Waals surface area contributed by atoms with Crippen LogP contribution in [0.4, 0.5) is 11.4 Å². The van der Waals surface area contributed by atoms with Crippen molar-refractivity contribution in [2.75, 3.05) is 18.0 Å². The van der Waals surface area contributed by atoms with Crippen LogP contribution in [0, 0.1) is 10.1 Å². The molecule has 2 heterocycles. The summed E-state index contributed by atoms with van der Waals surface area (Å²) in [4.78, 5) is 13.6. The second-order valence-electron chi connectivity index (χ2n) is 8.39. The largest absolute Gasteiger partial charge is 0.366 e. The van der Waals surface area contributed by atoms with E-state index in [1.54, 1.807) is 0 Å². The highest BCUT2D eigenvalue weighted by atomic mass is 16.6. The first-order valence-corrected chi connectivity index (χ1v) is 9.66. The predicted molar refractivity (Wildman–Crippen MR) is 109 cm³/mol. The van der Waals surface area contributed by atoms with E-state index >= 15 is 0 Å². The van der Waals surface area contributed by atoms with E-state index in [9.17, 15) is 10.1 Å². The molecule has 4 rings (SSSR count). The van der Waals surface area contributed by atoms with Gasteiger partial charge in [-0.3, -0.25) is 10.1 Å². The van der Waals surface area contributed by atoms with Crippen molar-refractivity contribution >= 4 is 22.4 Å². The fourth-order valence-corrected chi connectivity index (χ4v) is 3.84. The summed E-state index contributed by atoms with van der Waals surface area (Å²) in [7, 11) is 0. The van der Waals surface area contributed by atoms with E-state index in [1.165, 1.54) is 5.56 Å². The van der Waals surface area contributed by atoms with Crippen LogP contribution in [0.25, 0.3) is 22.2 Å². The minimum Gasteiger partial charge on any atom is -0.366 e. The van der Waals surface area contributed by atoms with Crippen molar-refractivity contribution in [2.45, 2.75) is 45.4 Å². The zero-order chi connectivity index (χ0) is 19.9. The highest BCUT2D eigenvalue weighted by molar-refractivity contribution is 6.01. The molecule has 7 heteroatoms. The summed E-state index contributed by atoms with van der Waals surface area (Å²) in [5.41, 5.74) is 4.25. The average Bonchev–Trinajstić information content (AvgIpc) is 3.16. The van der Waals surface area contributed by atoms with Gasteiger partial charge in [0.15, 0.2) is 0 Å². The van der Waals surface area contributed by atoms with Crippen LogP contribution in [0.5, 0.6) is 0 Å². The summed E-state index contributed by atoms with van der Waals surface area (Å²) in [6.45, 7) is 8.12. The van der Waals surface area contributed by atoms with Crippen molar-refractivity contribution in [3.05, 3.63) is 46.0 Å². The zero-order valence-corrected chi connectivity index (χ0v) is 16.4. The van der Waals surface area contributed by atoms with Crippen LogP contribution in [0.15, 0.2) is 35.0 Å². The second kappa shape index (κ2) is 6.89. The topological polar surface area (TPSA) is 85.3 Å². The third kappa shape index (κ3) is 3.21. The fourth-order valence-electron chi connectivity index (χ4n) is 3.84. The molecule has 0 N–H and O–H groups in total. The number of anilines is 1. The summed E-state index contributed by atoms with van der Waals surface area (Å²) in [6, 6.07) is 10.1. The molecule has 0 atom stereocenters. The van der Waals surface area contributed by atoms with Crippen molar-refractivity contribution in [3.8, 4) is 11.1 Å². The van der Waals surface area contributed by atoms with Gasteiger partial charge in [0, 0.05) is 18.7 Å². The van der Waals surface area contributed by atoms with Crippen LogP contribution in [0.2, 0.25) is 0 Å². The SMILES string of the molecule is CC(C)(C)c1ccc(-c2cc(N3CCCCC3)c([N+](=O)[O-])c3nonc23)cc1. The van der Waals surface area contributed by atoms with Crippen LogP contribution in [0.1, 0.15) is 45.6 Å². The monoisotopic (exact) mass is 380 g/mol. The number of aromatic nitrogens is 2. The standard InChI is InChI=1S/C21H24N4O3/c1-21(2,3)15-9-7-14(8-10-15)16-13-17(24-11-5-4-6-12-24)20(25(26)27)19-18(16)22-28-23-19/h7-10,13H,4-6,11-12H2,1-3H3. The molecular weight excluding hydrogens is 356 g/mol. The molecule has 7 nitrogen and oxygen atoms in total. The molecule has 0 aliphatic carbocycles. The normalized spacial score (nSPS) is 15.2. The lowest BCUT2D eigenvalue weighted by Gasteiger charge is -2.28. The van der Waals surface area contributed by atoms with Gasteiger partial charge >= 0.3 is 5.69 Å². The Morgan fingerprint density at radius 2 is 1.68 bits per heavy atom. The lowest BCUT2D eigenvalue weighted by molar-refractivity contribution is -0.382. The maximum atomic E-state index is 11.8. The van der Waals surface area contributed by atoms with E-state index in [0.717, 1.165) is 43.5 Å². The van der Waals surface area contributed by atoms with Crippen LogP contribution in [-0.2, 0) is 5.41 Å². The number of piperidine rings is 1. The third-order valence-corrected chi connectivity index (χ3v) is 5.43.